The summed E-state index contributed by atoms with van der Waals surface area (Å²) in [6, 6.07) is 17.8. The Hall–Kier alpha value is -3.15. The molecule has 0 heterocycles. The van der Waals surface area contributed by atoms with E-state index in [4.69, 9.17) is 4.74 Å². The van der Waals surface area contributed by atoms with Gasteiger partial charge in [-0.2, -0.15) is 0 Å². The van der Waals surface area contributed by atoms with Crippen LogP contribution in [0.5, 0.6) is 0 Å². The highest BCUT2D eigenvalue weighted by Crippen LogP contribution is 2.08. The summed E-state index contributed by atoms with van der Waals surface area (Å²) < 4.78 is 9.76. The molecule has 142 valence electrons. The minimum Gasteiger partial charge on any atom is -0.469 e. The number of alkyl carbamates (subject to hydrolysis) is 1. The lowest BCUT2D eigenvalue weighted by atomic mass is 10.00. The maximum absolute atomic E-state index is 12.5. The van der Waals surface area contributed by atoms with Gasteiger partial charge in [0.25, 0.3) is 0 Å². The molecule has 6 nitrogen and oxygen atoms in total. The fourth-order valence-electron chi connectivity index (χ4n) is 2.50. The summed E-state index contributed by atoms with van der Waals surface area (Å²) >= 11 is 0. The van der Waals surface area contributed by atoms with Crippen LogP contribution in [0.15, 0.2) is 60.7 Å². The van der Waals surface area contributed by atoms with Gasteiger partial charge >= 0.3 is 12.1 Å². The van der Waals surface area contributed by atoms with Gasteiger partial charge in [-0.25, -0.2) is 4.79 Å². The second kappa shape index (κ2) is 10.8. The molecule has 2 aromatic carbocycles. The zero-order valence-corrected chi connectivity index (χ0v) is 15.2. The molecule has 2 rings (SSSR count). The number of Topliss-reactive ketones (excluding diaryl/α,β-unsaturated/α-hetero) is 1. The third-order valence-electron chi connectivity index (χ3n) is 3.98. The van der Waals surface area contributed by atoms with Crippen molar-refractivity contribution in [3.05, 3.63) is 71.8 Å². The van der Waals surface area contributed by atoms with Crippen LogP contribution >= 0.6 is 0 Å². The molecule has 27 heavy (non-hydrogen) atoms. The van der Waals surface area contributed by atoms with Gasteiger partial charge in [-0.15, -0.1) is 0 Å². The predicted molar refractivity (Wildman–Crippen MR) is 100.0 cm³/mol. The Morgan fingerprint density at radius 1 is 0.889 bits per heavy atom. The minimum atomic E-state index is -0.777. The molecule has 0 spiro atoms. The Morgan fingerprint density at radius 2 is 1.48 bits per heavy atom. The van der Waals surface area contributed by atoms with Crippen LogP contribution in [0.2, 0.25) is 0 Å². The average Bonchev–Trinajstić information content (AvgIpc) is 2.71. The summed E-state index contributed by atoms with van der Waals surface area (Å²) in [4.78, 5) is 35.9. The zero-order valence-electron chi connectivity index (χ0n) is 15.2. The Kier molecular flexibility index (Phi) is 8.03. The molecular formula is C21H23NO5. The van der Waals surface area contributed by atoms with Gasteiger partial charge in [-0.05, 0) is 17.5 Å². The lowest BCUT2D eigenvalue weighted by Crippen LogP contribution is -2.42. The number of hydrogen-bond acceptors (Lipinski definition) is 5. The first-order chi connectivity index (χ1) is 13.1. The second-order valence-corrected chi connectivity index (χ2v) is 5.99. The number of hydrogen-bond donors (Lipinski definition) is 1. The molecule has 0 aliphatic heterocycles. The van der Waals surface area contributed by atoms with Crippen molar-refractivity contribution >= 4 is 17.8 Å². The first kappa shape index (κ1) is 20.2. The van der Waals surface area contributed by atoms with E-state index in [9.17, 15) is 14.4 Å². The maximum atomic E-state index is 12.5. The summed E-state index contributed by atoms with van der Waals surface area (Å²) in [5.74, 6) is -0.714. The van der Waals surface area contributed by atoms with Crippen LogP contribution in [0, 0.1) is 0 Å². The van der Waals surface area contributed by atoms with Crippen LogP contribution in [0.4, 0.5) is 4.79 Å². The van der Waals surface area contributed by atoms with E-state index in [1.807, 2.05) is 60.7 Å². The summed E-state index contributed by atoms with van der Waals surface area (Å²) in [6.07, 6.45) is -0.391. The first-order valence-corrected chi connectivity index (χ1v) is 8.69. The van der Waals surface area contributed by atoms with E-state index in [0.29, 0.717) is 6.42 Å². The van der Waals surface area contributed by atoms with Crippen LogP contribution in [-0.2, 0) is 32.1 Å². The molecule has 0 aromatic heterocycles. The predicted octanol–water partition coefficient (Wildman–Crippen LogP) is 3.05. The number of rotatable bonds is 9. The number of ether oxygens (including phenoxy) is 2. The number of methoxy groups -OCH3 is 1. The van der Waals surface area contributed by atoms with Crippen LogP contribution in [0.3, 0.4) is 0 Å². The number of carbonyl (C=O) groups is 3. The summed E-state index contributed by atoms with van der Waals surface area (Å²) in [6.45, 7) is 0.112. The molecule has 0 saturated carbocycles. The summed E-state index contributed by atoms with van der Waals surface area (Å²) in [5, 5.41) is 2.61. The van der Waals surface area contributed by atoms with Gasteiger partial charge in [0.15, 0.2) is 5.78 Å². The average molecular weight is 369 g/mol. The minimum absolute atomic E-state index is 0.0108. The van der Waals surface area contributed by atoms with Crippen LogP contribution in [0.25, 0.3) is 0 Å². The standard InChI is InChI=1S/C21H23NO5/c1-26-20(24)13-12-19(23)18(14-16-8-4-2-5-9-16)22-21(25)27-15-17-10-6-3-7-11-17/h2-11,18H,12-15H2,1H3,(H,22,25)/t18-/m0/s1. The highest BCUT2D eigenvalue weighted by molar-refractivity contribution is 5.89. The quantitative estimate of drug-likeness (QED) is 0.687. The Bertz CT molecular complexity index is 746. The fraction of sp³-hybridized carbons (Fsp3) is 0.286. The van der Waals surface area contributed by atoms with E-state index < -0.39 is 18.1 Å². The van der Waals surface area contributed by atoms with E-state index in [-0.39, 0.29) is 25.2 Å². The smallest absolute Gasteiger partial charge is 0.408 e. The number of ketones is 1. The van der Waals surface area contributed by atoms with Crippen molar-refractivity contribution in [1.82, 2.24) is 5.32 Å². The number of nitrogens with one attached hydrogen (secondary N) is 1. The van der Waals surface area contributed by atoms with Crippen molar-refractivity contribution in [2.24, 2.45) is 0 Å². The van der Waals surface area contributed by atoms with E-state index in [2.05, 4.69) is 10.1 Å². The second-order valence-electron chi connectivity index (χ2n) is 5.99. The molecule has 0 fully saturated rings. The van der Waals surface area contributed by atoms with Crippen LogP contribution in [0.1, 0.15) is 24.0 Å². The van der Waals surface area contributed by atoms with Crippen molar-refractivity contribution < 1.29 is 23.9 Å². The number of amides is 1. The molecule has 1 atom stereocenters. The van der Waals surface area contributed by atoms with Crippen LogP contribution in [-0.4, -0.2) is 31.0 Å². The van der Waals surface area contributed by atoms with Crippen molar-refractivity contribution in [3.63, 3.8) is 0 Å². The van der Waals surface area contributed by atoms with Gasteiger partial charge in [0, 0.05) is 6.42 Å². The molecule has 0 unspecified atom stereocenters. The summed E-state index contributed by atoms with van der Waals surface area (Å²) in [7, 11) is 1.27. The molecular weight excluding hydrogens is 346 g/mol. The Balaban J connectivity index is 1.96. The molecule has 1 amide bonds. The zero-order chi connectivity index (χ0) is 19.5. The maximum Gasteiger partial charge on any atom is 0.408 e. The fourth-order valence-corrected chi connectivity index (χ4v) is 2.50. The summed E-state index contributed by atoms with van der Waals surface area (Å²) in [5.41, 5.74) is 1.75. The van der Waals surface area contributed by atoms with Gasteiger partial charge in [0.2, 0.25) is 0 Å². The van der Waals surface area contributed by atoms with E-state index >= 15 is 0 Å². The Morgan fingerprint density at radius 3 is 2.07 bits per heavy atom. The van der Waals surface area contributed by atoms with Crippen LogP contribution < -0.4 is 5.32 Å². The number of esters is 1. The first-order valence-electron chi connectivity index (χ1n) is 8.69. The molecule has 0 radical (unpaired) electrons. The lowest BCUT2D eigenvalue weighted by Gasteiger charge is -2.18. The largest absolute Gasteiger partial charge is 0.469 e. The van der Waals surface area contributed by atoms with E-state index in [0.717, 1.165) is 11.1 Å². The molecule has 0 aliphatic rings. The van der Waals surface area contributed by atoms with Gasteiger partial charge in [-0.1, -0.05) is 60.7 Å². The van der Waals surface area contributed by atoms with Crippen molar-refractivity contribution in [2.75, 3.05) is 7.11 Å². The molecule has 0 aliphatic carbocycles. The monoisotopic (exact) mass is 369 g/mol. The van der Waals surface area contributed by atoms with Gasteiger partial charge in [0.05, 0.1) is 19.6 Å². The molecule has 1 N–H and O–H groups in total. The van der Waals surface area contributed by atoms with Crippen molar-refractivity contribution in [1.29, 1.82) is 0 Å². The topological polar surface area (TPSA) is 81.7 Å². The highest BCUT2D eigenvalue weighted by atomic mass is 16.5. The lowest BCUT2D eigenvalue weighted by molar-refractivity contribution is -0.142. The van der Waals surface area contributed by atoms with Gasteiger partial charge in [-0.3, -0.25) is 9.59 Å². The highest BCUT2D eigenvalue weighted by Gasteiger charge is 2.22. The third-order valence-corrected chi connectivity index (χ3v) is 3.98. The SMILES string of the molecule is COC(=O)CCC(=O)[C@H](Cc1ccccc1)NC(=O)OCc1ccccc1. The van der Waals surface area contributed by atoms with Crippen molar-refractivity contribution in [3.8, 4) is 0 Å². The van der Waals surface area contributed by atoms with Gasteiger partial charge in [0.1, 0.15) is 6.61 Å². The molecule has 0 bridgehead atoms. The van der Waals surface area contributed by atoms with E-state index in [1.54, 1.807) is 0 Å². The third kappa shape index (κ3) is 7.32. The molecule has 0 saturated heterocycles. The molecule has 2 aromatic rings. The van der Waals surface area contributed by atoms with E-state index in [1.165, 1.54) is 7.11 Å². The normalized spacial score (nSPS) is 11.3. The number of benzene rings is 2. The molecule has 6 heteroatoms. The van der Waals surface area contributed by atoms with Gasteiger partial charge < -0.3 is 14.8 Å². The number of carbonyl (C=O) groups excluding carboxylic acids is 3. The van der Waals surface area contributed by atoms with Crippen molar-refractivity contribution in [2.45, 2.75) is 31.9 Å². The Labute approximate surface area is 158 Å².